The van der Waals surface area contributed by atoms with E-state index in [1.807, 2.05) is 0 Å². The summed E-state index contributed by atoms with van der Waals surface area (Å²) in [6.45, 7) is 0. The molecule has 0 aliphatic heterocycles. The van der Waals surface area contributed by atoms with E-state index >= 15 is 0 Å². The van der Waals surface area contributed by atoms with Gasteiger partial charge in [0.25, 0.3) is 0 Å². The number of carbonyl (C=O) groups excluding carboxylic acids is 2. The minimum absolute atomic E-state index is 0.0540. The number of rotatable bonds is 2. The van der Waals surface area contributed by atoms with Gasteiger partial charge in [-0.05, 0) is 25.2 Å². The Bertz CT molecular complexity index is 275. The minimum atomic E-state index is 0.0540. The van der Waals surface area contributed by atoms with E-state index in [2.05, 4.69) is 9.98 Å². The summed E-state index contributed by atoms with van der Waals surface area (Å²) in [5.41, 5.74) is 0. The Labute approximate surface area is 75.8 Å². The molecule has 4 heteroatoms. The summed E-state index contributed by atoms with van der Waals surface area (Å²) in [5, 5.41) is 0. The Balaban J connectivity index is 2.14. The third kappa shape index (κ3) is 1.35. The van der Waals surface area contributed by atoms with Gasteiger partial charge in [0.15, 0.2) is 0 Å². The van der Waals surface area contributed by atoms with Gasteiger partial charge in [0.05, 0.1) is 12.1 Å². The summed E-state index contributed by atoms with van der Waals surface area (Å²) in [6.07, 6.45) is 6.16. The molecule has 2 saturated carbocycles. The van der Waals surface area contributed by atoms with Gasteiger partial charge in [-0.1, -0.05) is 0 Å². The molecule has 0 saturated heterocycles. The molecule has 4 nitrogen and oxygen atoms in total. The van der Waals surface area contributed by atoms with Crippen LogP contribution in [0, 0.1) is 11.8 Å². The third-order valence-electron chi connectivity index (χ3n) is 3.18. The third-order valence-corrected chi connectivity index (χ3v) is 3.18. The first-order chi connectivity index (χ1) is 6.35. The number of aliphatic imine (C=N–C) groups is 2. The smallest absolute Gasteiger partial charge is 0.211 e. The predicted octanol–water partition coefficient (Wildman–Crippen LogP) is 0.825. The van der Waals surface area contributed by atoms with E-state index in [0.717, 1.165) is 19.3 Å². The van der Waals surface area contributed by atoms with Gasteiger partial charge in [-0.15, -0.1) is 0 Å². The molecular formula is C9H10N2O2. The summed E-state index contributed by atoms with van der Waals surface area (Å²) in [7, 11) is 0. The van der Waals surface area contributed by atoms with Gasteiger partial charge < -0.3 is 0 Å². The van der Waals surface area contributed by atoms with Crippen molar-refractivity contribution in [3.63, 3.8) is 0 Å². The van der Waals surface area contributed by atoms with Gasteiger partial charge >= 0.3 is 0 Å². The lowest BCUT2D eigenvalue weighted by atomic mass is 9.91. The van der Waals surface area contributed by atoms with E-state index in [1.54, 1.807) is 12.2 Å². The van der Waals surface area contributed by atoms with Crippen molar-refractivity contribution in [2.24, 2.45) is 21.8 Å². The van der Waals surface area contributed by atoms with Crippen LogP contribution in [0.2, 0.25) is 0 Å². The SMILES string of the molecule is O=C=NC1CC2CC(N=C=O)C1C2. The number of nitrogens with zero attached hydrogens (tertiary/aromatic N) is 2. The lowest BCUT2D eigenvalue weighted by Crippen LogP contribution is -2.25. The molecule has 2 aliphatic rings. The first-order valence-electron chi connectivity index (χ1n) is 4.49. The van der Waals surface area contributed by atoms with Crippen molar-refractivity contribution in [1.29, 1.82) is 0 Å². The number of isocyanates is 2. The second-order valence-electron chi connectivity index (χ2n) is 3.81. The molecule has 2 atom stereocenters. The molecule has 0 amide bonds. The van der Waals surface area contributed by atoms with Crippen LogP contribution in [0.25, 0.3) is 0 Å². The maximum Gasteiger partial charge on any atom is 0.235 e. The second-order valence-corrected chi connectivity index (χ2v) is 3.81. The summed E-state index contributed by atoms with van der Waals surface area (Å²) >= 11 is 0. The zero-order valence-electron chi connectivity index (χ0n) is 7.14. The number of hydrogen-bond donors (Lipinski definition) is 0. The average molecular weight is 178 g/mol. The van der Waals surface area contributed by atoms with Crippen molar-refractivity contribution in [2.75, 3.05) is 0 Å². The highest BCUT2D eigenvalue weighted by Gasteiger charge is 2.46. The minimum Gasteiger partial charge on any atom is -0.211 e. The molecule has 0 radical (unpaired) electrons. The molecule has 0 aromatic carbocycles. The van der Waals surface area contributed by atoms with Crippen LogP contribution in [-0.4, -0.2) is 24.2 Å². The summed E-state index contributed by atoms with van der Waals surface area (Å²) in [5.74, 6) is 0.877. The summed E-state index contributed by atoms with van der Waals surface area (Å²) in [6, 6.07) is 0.108. The van der Waals surface area contributed by atoms with Crippen LogP contribution >= 0.6 is 0 Å². The standard InChI is InChI=1S/C9H10N2O2/c12-4-10-8-2-6-1-7(8)9(3-6)11-5-13/h6-9H,1-3H2. The quantitative estimate of drug-likeness (QED) is 0.464. The van der Waals surface area contributed by atoms with E-state index in [-0.39, 0.29) is 18.0 Å². The van der Waals surface area contributed by atoms with Crippen molar-refractivity contribution in [3.8, 4) is 0 Å². The van der Waals surface area contributed by atoms with Crippen LogP contribution < -0.4 is 0 Å². The highest BCUT2D eigenvalue weighted by molar-refractivity contribution is 5.36. The lowest BCUT2D eigenvalue weighted by molar-refractivity contribution is 0.369. The van der Waals surface area contributed by atoms with Gasteiger partial charge in [0.2, 0.25) is 12.2 Å². The number of fused-ring (bicyclic) bond motifs is 2. The monoisotopic (exact) mass is 178 g/mol. The van der Waals surface area contributed by atoms with Crippen LogP contribution in [0.15, 0.2) is 9.98 Å². The van der Waals surface area contributed by atoms with Crippen molar-refractivity contribution in [3.05, 3.63) is 0 Å². The Morgan fingerprint density at radius 2 is 1.46 bits per heavy atom. The molecule has 2 rings (SSSR count). The number of hydrogen-bond acceptors (Lipinski definition) is 4. The molecule has 2 unspecified atom stereocenters. The van der Waals surface area contributed by atoms with E-state index in [1.165, 1.54) is 0 Å². The average Bonchev–Trinajstić information content (AvgIpc) is 2.64. The Morgan fingerprint density at radius 1 is 0.923 bits per heavy atom. The molecule has 0 heterocycles. The molecule has 68 valence electrons. The van der Waals surface area contributed by atoms with Crippen LogP contribution in [0.5, 0.6) is 0 Å². The maximum absolute atomic E-state index is 10.1. The highest BCUT2D eigenvalue weighted by atomic mass is 16.1. The predicted molar refractivity (Wildman–Crippen MR) is 44.7 cm³/mol. The largest absolute Gasteiger partial charge is 0.235 e. The van der Waals surface area contributed by atoms with E-state index in [4.69, 9.17) is 0 Å². The van der Waals surface area contributed by atoms with Crippen LogP contribution in [-0.2, 0) is 9.59 Å². The molecular weight excluding hydrogens is 168 g/mol. The van der Waals surface area contributed by atoms with Gasteiger partial charge in [-0.25, -0.2) is 19.6 Å². The molecule has 0 aromatic heterocycles. The van der Waals surface area contributed by atoms with E-state index in [0.29, 0.717) is 5.92 Å². The van der Waals surface area contributed by atoms with Crippen molar-refractivity contribution >= 4 is 12.2 Å². The van der Waals surface area contributed by atoms with Gasteiger partial charge in [0, 0.05) is 5.92 Å². The van der Waals surface area contributed by atoms with Crippen molar-refractivity contribution in [1.82, 2.24) is 0 Å². The van der Waals surface area contributed by atoms with Gasteiger partial charge in [-0.3, -0.25) is 0 Å². The highest BCUT2D eigenvalue weighted by Crippen LogP contribution is 2.47. The zero-order valence-corrected chi connectivity index (χ0v) is 7.14. The molecule has 2 aliphatic carbocycles. The first-order valence-corrected chi connectivity index (χ1v) is 4.49. The molecule has 0 aromatic rings. The lowest BCUT2D eigenvalue weighted by Gasteiger charge is -2.21. The Hall–Kier alpha value is -1.24. The Kier molecular flexibility index (Phi) is 2.09. The topological polar surface area (TPSA) is 58.9 Å². The molecule has 2 bridgehead atoms. The van der Waals surface area contributed by atoms with E-state index in [9.17, 15) is 9.59 Å². The van der Waals surface area contributed by atoms with Crippen LogP contribution in [0.3, 0.4) is 0 Å². The normalized spacial score (nSPS) is 40.9. The van der Waals surface area contributed by atoms with Crippen molar-refractivity contribution < 1.29 is 9.59 Å². The van der Waals surface area contributed by atoms with Crippen LogP contribution in [0.4, 0.5) is 0 Å². The Morgan fingerprint density at radius 3 is 1.85 bits per heavy atom. The van der Waals surface area contributed by atoms with Gasteiger partial charge in [0.1, 0.15) is 0 Å². The van der Waals surface area contributed by atoms with E-state index < -0.39 is 0 Å². The molecule has 2 fully saturated rings. The molecule has 0 N–H and O–H groups in total. The zero-order chi connectivity index (χ0) is 9.26. The van der Waals surface area contributed by atoms with Crippen LogP contribution in [0.1, 0.15) is 19.3 Å². The fourth-order valence-corrected chi connectivity index (χ4v) is 2.71. The fourth-order valence-electron chi connectivity index (χ4n) is 2.71. The first kappa shape index (κ1) is 8.36. The second kappa shape index (κ2) is 3.25. The summed E-state index contributed by atoms with van der Waals surface area (Å²) in [4.78, 5) is 27.7. The van der Waals surface area contributed by atoms with Gasteiger partial charge in [-0.2, -0.15) is 0 Å². The maximum atomic E-state index is 10.1. The summed E-state index contributed by atoms with van der Waals surface area (Å²) < 4.78 is 0. The van der Waals surface area contributed by atoms with Crippen molar-refractivity contribution in [2.45, 2.75) is 31.3 Å². The molecule has 0 spiro atoms. The fraction of sp³-hybridized carbons (Fsp3) is 0.778. The molecule has 13 heavy (non-hydrogen) atoms.